The number of halogens is 1. The molecule has 0 atom stereocenters. The van der Waals surface area contributed by atoms with Gasteiger partial charge in [0.15, 0.2) is 5.82 Å². The molecule has 5 nitrogen and oxygen atoms in total. The maximum Gasteiger partial charge on any atom is 0.230 e. The smallest absolute Gasteiger partial charge is 0.230 e. The van der Waals surface area contributed by atoms with Crippen LogP contribution in [0.15, 0.2) is 72.8 Å². The minimum atomic E-state index is -0.126. The Labute approximate surface area is 218 Å². The molecular weight excluding hydrogens is 549 g/mol. The van der Waals surface area contributed by atoms with Crippen molar-refractivity contribution in [2.75, 3.05) is 5.32 Å². The number of nitrogens with zero attached hydrogens (tertiary/aromatic N) is 2. The normalized spacial score (nSPS) is 12.3. The van der Waals surface area contributed by atoms with Crippen molar-refractivity contribution in [2.24, 2.45) is 0 Å². The summed E-state index contributed by atoms with van der Waals surface area (Å²) in [6.07, 6.45) is 5.69. The van der Waals surface area contributed by atoms with Crippen molar-refractivity contribution in [2.45, 2.75) is 25.9 Å². The summed E-state index contributed by atoms with van der Waals surface area (Å²) in [6, 6.07) is 23.9. The van der Waals surface area contributed by atoms with E-state index in [1.807, 2.05) is 84.9 Å². The molecule has 35 heavy (non-hydrogen) atoms. The summed E-state index contributed by atoms with van der Waals surface area (Å²) < 4.78 is 1.13. The number of nitrogens with one attached hydrogen (secondary N) is 1. The largest absolute Gasteiger partial charge is 0.392 e. The Balaban J connectivity index is 1.50. The molecule has 0 unspecified atom stereocenters. The number of aryl methyl sites for hydroxylation is 2. The summed E-state index contributed by atoms with van der Waals surface area (Å²) in [7, 11) is 0. The van der Waals surface area contributed by atoms with Crippen LogP contribution in [0.1, 0.15) is 33.6 Å². The predicted molar refractivity (Wildman–Crippen MR) is 148 cm³/mol. The fraction of sp³-hybridized carbons (Fsp3) is 0.138. The molecule has 5 rings (SSSR count). The molecule has 3 aromatic carbocycles. The van der Waals surface area contributed by atoms with Gasteiger partial charge in [0.05, 0.1) is 24.4 Å². The Bertz CT molecular complexity index is 1400. The zero-order valence-corrected chi connectivity index (χ0v) is 21.2. The van der Waals surface area contributed by atoms with Gasteiger partial charge in [0, 0.05) is 9.13 Å². The van der Waals surface area contributed by atoms with Crippen molar-refractivity contribution in [3.63, 3.8) is 0 Å². The Hall–Kier alpha value is -3.36. The number of benzene rings is 3. The molecule has 1 aliphatic carbocycles. The number of aliphatic hydroxyl groups is 1. The first-order valence-corrected chi connectivity index (χ1v) is 12.6. The lowest BCUT2D eigenvalue weighted by Crippen LogP contribution is -2.19. The highest BCUT2D eigenvalue weighted by Crippen LogP contribution is 2.34. The molecule has 0 saturated carbocycles. The van der Waals surface area contributed by atoms with E-state index >= 15 is 0 Å². The molecule has 4 aromatic rings. The van der Waals surface area contributed by atoms with E-state index in [-0.39, 0.29) is 18.9 Å². The van der Waals surface area contributed by atoms with Crippen molar-refractivity contribution < 1.29 is 9.90 Å². The van der Waals surface area contributed by atoms with Crippen LogP contribution < -0.4 is 5.32 Å². The average Bonchev–Trinajstić information content (AvgIpc) is 2.89. The Morgan fingerprint density at radius 1 is 0.943 bits per heavy atom. The third kappa shape index (κ3) is 5.49. The number of amides is 1. The SMILES string of the molecule is O=C(Cc1ccc(I)cc1)Nc1nc2c(nc1C=Cc1ccccc1)-c1ccc(CO)cc1CC2. The van der Waals surface area contributed by atoms with Crippen LogP contribution in [-0.4, -0.2) is 21.0 Å². The molecule has 0 spiro atoms. The first-order chi connectivity index (χ1) is 17.1. The van der Waals surface area contributed by atoms with E-state index in [1.165, 1.54) is 0 Å². The van der Waals surface area contributed by atoms with Gasteiger partial charge in [-0.25, -0.2) is 9.97 Å². The molecule has 1 heterocycles. The Kier molecular flexibility index (Phi) is 7.01. The zero-order chi connectivity index (χ0) is 24.2. The number of aliphatic hydroxyl groups excluding tert-OH is 1. The molecule has 1 amide bonds. The maximum absolute atomic E-state index is 12.9. The average molecular weight is 573 g/mol. The van der Waals surface area contributed by atoms with Crippen molar-refractivity contribution in [3.05, 3.63) is 110 Å². The Morgan fingerprint density at radius 2 is 1.71 bits per heavy atom. The number of carbonyl (C=O) groups excluding carboxylic acids is 1. The highest BCUT2D eigenvalue weighted by atomic mass is 127. The van der Waals surface area contributed by atoms with Gasteiger partial charge in [-0.1, -0.05) is 66.7 Å². The van der Waals surface area contributed by atoms with Crippen LogP contribution in [0.5, 0.6) is 0 Å². The fourth-order valence-electron chi connectivity index (χ4n) is 4.22. The van der Waals surface area contributed by atoms with Crippen LogP contribution in [-0.2, 0) is 30.7 Å². The molecule has 0 saturated heterocycles. The van der Waals surface area contributed by atoms with Gasteiger partial charge in [0.2, 0.25) is 5.91 Å². The van der Waals surface area contributed by atoms with Crippen molar-refractivity contribution in [3.8, 4) is 11.3 Å². The molecule has 0 bridgehead atoms. The zero-order valence-electron chi connectivity index (χ0n) is 19.0. The summed E-state index contributed by atoms with van der Waals surface area (Å²) in [4.78, 5) is 22.7. The molecule has 1 aromatic heterocycles. The molecular formula is C29H24IN3O2. The lowest BCUT2D eigenvalue weighted by Gasteiger charge is -2.21. The third-order valence-electron chi connectivity index (χ3n) is 6.00. The van der Waals surface area contributed by atoms with Gasteiger partial charge in [0.1, 0.15) is 5.69 Å². The summed E-state index contributed by atoms with van der Waals surface area (Å²) in [6.45, 7) is 0.0163. The first-order valence-electron chi connectivity index (χ1n) is 11.5. The van der Waals surface area contributed by atoms with Crippen LogP contribution in [0.4, 0.5) is 5.82 Å². The summed E-state index contributed by atoms with van der Waals surface area (Å²) >= 11 is 2.25. The second-order valence-electron chi connectivity index (χ2n) is 8.50. The Morgan fingerprint density at radius 3 is 2.49 bits per heavy atom. The van der Waals surface area contributed by atoms with Gasteiger partial charge >= 0.3 is 0 Å². The van der Waals surface area contributed by atoms with E-state index in [0.29, 0.717) is 11.5 Å². The van der Waals surface area contributed by atoms with Gasteiger partial charge in [-0.05, 0) is 75.9 Å². The standard InChI is InChI=1S/C29H24IN3O2/c30-23-11-6-20(7-12-23)17-27(35)33-29-26(14-9-19-4-2-1-3-5-19)31-28-24-13-8-21(18-34)16-22(24)10-15-25(28)32-29/h1-9,11-14,16,34H,10,15,17-18H2,(H,32,33,35). The number of hydrogen-bond donors (Lipinski definition) is 2. The van der Waals surface area contributed by atoms with Gasteiger partial charge in [-0.3, -0.25) is 4.79 Å². The summed E-state index contributed by atoms with van der Waals surface area (Å²) in [5, 5.41) is 12.5. The maximum atomic E-state index is 12.9. The molecule has 1 aliphatic rings. The first kappa shape index (κ1) is 23.4. The molecule has 0 radical (unpaired) electrons. The minimum absolute atomic E-state index is 0.0163. The van der Waals surface area contributed by atoms with Gasteiger partial charge in [0.25, 0.3) is 0 Å². The lowest BCUT2D eigenvalue weighted by molar-refractivity contribution is -0.115. The molecule has 6 heteroatoms. The summed E-state index contributed by atoms with van der Waals surface area (Å²) in [5.41, 5.74) is 7.38. The minimum Gasteiger partial charge on any atom is -0.392 e. The van der Waals surface area contributed by atoms with Crippen LogP contribution >= 0.6 is 22.6 Å². The van der Waals surface area contributed by atoms with Crippen molar-refractivity contribution >= 4 is 46.5 Å². The number of fused-ring (bicyclic) bond motifs is 3. The number of aromatic nitrogens is 2. The highest BCUT2D eigenvalue weighted by molar-refractivity contribution is 14.1. The van der Waals surface area contributed by atoms with E-state index < -0.39 is 0 Å². The van der Waals surface area contributed by atoms with Crippen molar-refractivity contribution in [1.82, 2.24) is 9.97 Å². The second kappa shape index (κ2) is 10.5. The highest BCUT2D eigenvalue weighted by Gasteiger charge is 2.22. The predicted octanol–water partition coefficient (Wildman–Crippen LogP) is 5.69. The van der Waals surface area contributed by atoms with Crippen LogP contribution in [0.25, 0.3) is 23.4 Å². The van der Waals surface area contributed by atoms with Gasteiger partial charge in [-0.15, -0.1) is 0 Å². The molecule has 0 aliphatic heterocycles. The van der Waals surface area contributed by atoms with E-state index in [4.69, 9.17) is 9.97 Å². The second-order valence-corrected chi connectivity index (χ2v) is 9.74. The molecule has 0 fully saturated rings. The van der Waals surface area contributed by atoms with E-state index in [0.717, 1.165) is 55.6 Å². The molecule has 2 N–H and O–H groups in total. The number of hydrogen-bond acceptors (Lipinski definition) is 4. The van der Waals surface area contributed by atoms with E-state index in [1.54, 1.807) is 0 Å². The van der Waals surface area contributed by atoms with Crippen LogP contribution in [0.3, 0.4) is 0 Å². The van der Waals surface area contributed by atoms with Gasteiger partial charge < -0.3 is 10.4 Å². The van der Waals surface area contributed by atoms with E-state index in [9.17, 15) is 9.90 Å². The van der Waals surface area contributed by atoms with Crippen LogP contribution in [0, 0.1) is 3.57 Å². The van der Waals surface area contributed by atoms with Crippen LogP contribution in [0.2, 0.25) is 0 Å². The van der Waals surface area contributed by atoms with Gasteiger partial charge in [-0.2, -0.15) is 0 Å². The fourth-order valence-corrected chi connectivity index (χ4v) is 4.58. The number of rotatable bonds is 6. The summed E-state index contributed by atoms with van der Waals surface area (Å²) in [5.74, 6) is 0.348. The number of anilines is 1. The third-order valence-corrected chi connectivity index (χ3v) is 6.72. The molecule has 174 valence electrons. The monoisotopic (exact) mass is 573 g/mol. The van der Waals surface area contributed by atoms with Crippen molar-refractivity contribution in [1.29, 1.82) is 0 Å². The number of carbonyl (C=O) groups is 1. The quantitative estimate of drug-likeness (QED) is 0.291. The topological polar surface area (TPSA) is 75.1 Å². The lowest BCUT2D eigenvalue weighted by atomic mass is 9.90. The van der Waals surface area contributed by atoms with E-state index in [2.05, 4.69) is 27.9 Å².